The summed E-state index contributed by atoms with van der Waals surface area (Å²) in [6.45, 7) is 0. The van der Waals surface area contributed by atoms with Gasteiger partial charge in [-0.25, -0.2) is 9.78 Å². The molecule has 0 saturated heterocycles. The van der Waals surface area contributed by atoms with Gasteiger partial charge in [-0.1, -0.05) is 42.5 Å². The zero-order chi connectivity index (χ0) is 20.9. The second-order valence-corrected chi connectivity index (χ2v) is 8.28. The number of benzene rings is 1. The zero-order valence-electron chi connectivity index (χ0n) is 15.5. The summed E-state index contributed by atoms with van der Waals surface area (Å²) in [7, 11) is 0. The standard InChI is InChI=1S/C22H15F3N2O2S/c23-22(24,25)15-6-3-4-13(8-15)9-16-11-27-12-18(26-21(27)30-16)17-10-14-5-1-2-7-19(14)29-20(17)28/h1-8,10-12,14,19H,9H2/t14-,19-/m0/s1. The zero-order valence-corrected chi connectivity index (χ0v) is 16.3. The highest BCUT2D eigenvalue weighted by Gasteiger charge is 2.32. The van der Waals surface area contributed by atoms with Gasteiger partial charge in [0, 0.05) is 29.6 Å². The number of hydrogen-bond donors (Lipinski definition) is 0. The number of esters is 1. The van der Waals surface area contributed by atoms with E-state index < -0.39 is 17.7 Å². The summed E-state index contributed by atoms with van der Waals surface area (Å²) in [5.41, 5.74) is 0.873. The number of thiazole rings is 1. The van der Waals surface area contributed by atoms with Crippen LogP contribution in [0, 0.1) is 5.92 Å². The number of carbonyl (C=O) groups excluding carboxylic acids is 1. The van der Waals surface area contributed by atoms with Gasteiger partial charge in [0.25, 0.3) is 0 Å². The third kappa shape index (κ3) is 3.47. The van der Waals surface area contributed by atoms with E-state index in [1.807, 2.05) is 36.6 Å². The molecule has 1 aliphatic carbocycles. The minimum atomic E-state index is -4.36. The van der Waals surface area contributed by atoms with E-state index in [1.54, 1.807) is 16.7 Å². The van der Waals surface area contributed by atoms with E-state index in [0.717, 1.165) is 10.9 Å². The number of ether oxygens (including phenoxy) is 1. The van der Waals surface area contributed by atoms with Crippen molar-refractivity contribution < 1.29 is 22.7 Å². The van der Waals surface area contributed by atoms with Crippen molar-refractivity contribution in [1.29, 1.82) is 0 Å². The van der Waals surface area contributed by atoms with Crippen LogP contribution < -0.4 is 0 Å². The van der Waals surface area contributed by atoms with E-state index in [4.69, 9.17) is 4.74 Å². The SMILES string of the molecule is O=C1O[C@H]2C=CC=C[C@H]2C=C1c1cn2cc(Cc3cccc(C(F)(F)F)c3)sc2n1. The van der Waals surface area contributed by atoms with E-state index in [1.165, 1.54) is 23.5 Å². The minimum absolute atomic E-state index is 0.0149. The van der Waals surface area contributed by atoms with Crippen LogP contribution in [0.1, 0.15) is 21.7 Å². The predicted molar refractivity (Wildman–Crippen MR) is 107 cm³/mol. The number of allylic oxidation sites excluding steroid dienone is 2. The number of hydrogen-bond acceptors (Lipinski definition) is 4. The third-order valence-electron chi connectivity index (χ3n) is 5.06. The lowest BCUT2D eigenvalue weighted by Crippen LogP contribution is -2.29. The van der Waals surface area contributed by atoms with Crippen molar-refractivity contribution in [1.82, 2.24) is 9.38 Å². The van der Waals surface area contributed by atoms with Crippen molar-refractivity contribution >= 4 is 27.8 Å². The van der Waals surface area contributed by atoms with Crippen molar-refractivity contribution in [2.45, 2.75) is 18.7 Å². The van der Waals surface area contributed by atoms with Crippen molar-refractivity contribution in [3.8, 4) is 0 Å². The van der Waals surface area contributed by atoms with Crippen molar-refractivity contribution in [3.05, 3.63) is 88.7 Å². The maximum absolute atomic E-state index is 12.9. The second-order valence-electron chi connectivity index (χ2n) is 7.19. The Bertz CT molecular complexity index is 1200. The average Bonchev–Trinajstić information content (AvgIpc) is 3.25. The molecule has 2 aliphatic rings. The Labute approximate surface area is 173 Å². The summed E-state index contributed by atoms with van der Waals surface area (Å²) < 4.78 is 46.0. The molecule has 5 rings (SSSR count). The molecule has 0 amide bonds. The minimum Gasteiger partial charge on any atom is -0.454 e. The van der Waals surface area contributed by atoms with Gasteiger partial charge in [-0.3, -0.25) is 4.40 Å². The van der Waals surface area contributed by atoms with E-state index in [-0.39, 0.29) is 12.0 Å². The Morgan fingerprint density at radius 3 is 2.80 bits per heavy atom. The quantitative estimate of drug-likeness (QED) is 0.548. The van der Waals surface area contributed by atoms with E-state index in [2.05, 4.69) is 4.98 Å². The van der Waals surface area contributed by atoms with E-state index in [0.29, 0.717) is 28.2 Å². The topological polar surface area (TPSA) is 43.6 Å². The molecule has 2 atom stereocenters. The van der Waals surface area contributed by atoms with Crippen LogP contribution in [-0.4, -0.2) is 21.5 Å². The van der Waals surface area contributed by atoms with Gasteiger partial charge in [0.15, 0.2) is 4.96 Å². The van der Waals surface area contributed by atoms with Gasteiger partial charge in [0.1, 0.15) is 6.10 Å². The van der Waals surface area contributed by atoms with Gasteiger partial charge >= 0.3 is 12.1 Å². The summed E-state index contributed by atoms with van der Waals surface area (Å²) in [6, 6.07) is 5.32. The largest absolute Gasteiger partial charge is 0.454 e. The maximum atomic E-state index is 12.9. The van der Waals surface area contributed by atoms with Crippen LogP contribution in [0.5, 0.6) is 0 Å². The molecule has 1 aliphatic heterocycles. The molecule has 30 heavy (non-hydrogen) atoms. The van der Waals surface area contributed by atoms with Crippen molar-refractivity contribution in [2.75, 3.05) is 0 Å². The molecule has 0 spiro atoms. The molecule has 8 heteroatoms. The highest BCUT2D eigenvalue weighted by molar-refractivity contribution is 7.17. The lowest BCUT2D eigenvalue weighted by molar-refractivity contribution is -0.141. The molecule has 1 aromatic carbocycles. The molecule has 3 heterocycles. The number of aromatic nitrogens is 2. The fraction of sp³-hybridized carbons (Fsp3) is 0.182. The van der Waals surface area contributed by atoms with Crippen LogP contribution in [-0.2, 0) is 22.1 Å². The number of imidazole rings is 1. The lowest BCUT2D eigenvalue weighted by atomic mass is 9.92. The molecule has 2 aromatic heterocycles. The van der Waals surface area contributed by atoms with Crippen LogP contribution in [0.25, 0.3) is 10.5 Å². The Balaban J connectivity index is 1.40. The van der Waals surface area contributed by atoms with Gasteiger partial charge in [-0.05, 0) is 17.7 Å². The second kappa shape index (κ2) is 6.98. The molecule has 0 unspecified atom stereocenters. The third-order valence-corrected chi connectivity index (χ3v) is 6.06. The molecule has 0 fully saturated rings. The van der Waals surface area contributed by atoms with Crippen LogP contribution in [0.4, 0.5) is 13.2 Å². The van der Waals surface area contributed by atoms with Crippen molar-refractivity contribution in [3.63, 3.8) is 0 Å². The smallest absolute Gasteiger partial charge is 0.416 e. The summed E-state index contributed by atoms with van der Waals surface area (Å²) in [5.74, 6) is -0.426. The Kier molecular flexibility index (Phi) is 4.39. The molecule has 3 aromatic rings. The van der Waals surface area contributed by atoms with Gasteiger partial charge in [-0.15, -0.1) is 11.3 Å². The molecule has 4 nitrogen and oxygen atoms in total. The average molecular weight is 428 g/mol. The Morgan fingerprint density at radius 2 is 2.00 bits per heavy atom. The number of halogens is 3. The number of rotatable bonds is 3. The van der Waals surface area contributed by atoms with E-state index in [9.17, 15) is 18.0 Å². The summed E-state index contributed by atoms with van der Waals surface area (Å²) in [5, 5.41) is 0. The van der Waals surface area contributed by atoms with Gasteiger partial charge in [0.2, 0.25) is 0 Å². The van der Waals surface area contributed by atoms with Gasteiger partial charge < -0.3 is 4.74 Å². The van der Waals surface area contributed by atoms with Crippen LogP contribution in [0.2, 0.25) is 0 Å². The van der Waals surface area contributed by atoms with E-state index >= 15 is 0 Å². The molecule has 0 radical (unpaired) electrons. The van der Waals surface area contributed by atoms with Gasteiger partial charge in [-0.2, -0.15) is 13.2 Å². The Hall–Kier alpha value is -3.13. The van der Waals surface area contributed by atoms with Crippen molar-refractivity contribution in [2.24, 2.45) is 5.92 Å². The lowest BCUT2D eigenvalue weighted by Gasteiger charge is -2.26. The summed E-state index contributed by atoms with van der Waals surface area (Å²) >= 11 is 1.38. The highest BCUT2D eigenvalue weighted by atomic mass is 32.1. The molecule has 0 N–H and O–H groups in total. The first-order chi connectivity index (χ1) is 14.4. The first kappa shape index (κ1) is 18.9. The first-order valence-corrected chi connectivity index (χ1v) is 10.1. The summed E-state index contributed by atoms with van der Waals surface area (Å²) in [6.07, 6.45) is 8.77. The fourth-order valence-corrected chi connectivity index (χ4v) is 4.62. The van der Waals surface area contributed by atoms with Gasteiger partial charge in [0.05, 0.1) is 16.8 Å². The number of alkyl halides is 3. The monoisotopic (exact) mass is 428 g/mol. The Morgan fingerprint density at radius 1 is 1.17 bits per heavy atom. The molecular weight excluding hydrogens is 413 g/mol. The fourth-order valence-electron chi connectivity index (χ4n) is 3.62. The first-order valence-electron chi connectivity index (χ1n) is 9.28. The number of fused-ring (bicyclic) bond motifs is 2. The molecular formula is C22H15F3N2O2S. The van der Waals surface area contributed by atoms with Crippen LogP contribution in [0.3, 0.4) is 0 Å². The van der Waals surface area contributed by atoms with Crippen LogP contribution >= 0.6 is 11.3 Å². The maximum Gasteiger partial charge on any atom is 0.416 e. The normalized spacial score (nSPS) is 20.9. The van der Waals surface area contributed by atoms with Crippen LogP contribution in [0.15, 0.2) is 67.0 Å². The predicted octanol–water partition coefficient (Wildman–Crippen LogP) is 5.06. The molecule has 152 valence electrons. The molecule has 0 saturated carbocycles. The molecule has 0 bridgehead atoms. The number of carbonyl (C=O) groups is 1. The highest BCUT2D eigenvalue weighted by Crippen LogP contribution is 2.32. The summed E-state index contributed by atoms with van der Waals surface area (Å²) in [4.78, 5) is 18.5. The number of nitrogens with zero attached hydrogens (tertiary/aromatic N) is 2.